The number of benzene rings is 1. The summed E-state index contributed by atoms with van der Waals surface area (Å²) in [5.74, 6) is -1.14. The molecule has 12 nitrogen and oxygen atoms in total. The van der Waals surface area contributed by atoms with Crippen molar-refractivity contribution in [2.75, 3.05) is 19.3 Å². The Morgan fingerprint density at radius 2 is 2.03 bits per heavy atom. The van der Waals surface area contributed by atoms with Gasteiger partial charge in [-0.1, -0.05) is 17.7 Å². The molecule has 13 heteroatoms. The number of aryl methyl sites for hydroxylation is 3. The van der Waals surface area contributed by atoms with Gasteiger partial charge in [0, 0.05) is 29.2 Å². The molecule has 5 rings (SSSR count). The van der Waals surface area contributed by atoms with E-state index < -0.39 is 37.2 Å². The molecule has 0 radical (unpaired) electrons. The average Bonchev–Trinajstić information content (AvgIpc) is 3.53. The first kappa shape index (κ1) is 18.0. The van der Waals surface area contributed by atoms with Gasteiger partial charge in [-0.15, -0.1) is 10.2 Å². The van der Waals surface area contributed by atoms with Crippen LogP contribution in [0.25, 0.3) is 28.1 Å². The van der Waals surface area contributed by atoms with Crippen molar-refractivity contribution in [2.24, 2.45) is 14.1 Å². The minimum atomic E-state index is -3.29. The van der Waals surface area contributed by atoms with E-state index in [0.717, 1.165) is 10.1 Å². The van der Waals surface area contributed by atoms with Gasteiger partial charge >= 0.3 is 0 Å². The summed E-state index contributed by atoms with van der Waals surface area (Å²) in [7, 11) is 3.01. The third-order valence-electron chi connectivity index (χ3n) is 5.95. The lowest BCUT2D eigenvalue weighted by atomic mass is 10.0. The summed E-state index contributed by atoms with van der Waals surface area (Å²) in [6.07, 6.45) is 1.26. The highest BCUT2D eigenvalue weighted by atomic mass is 35.5. The van der Waals surface area contributed by atoms with Gasteiger partial charge in [-0.05, 0) is 48.4 Å². The maximum atomic E-state index is 13.6. The van der Waals surface area contributed by atoms with Crippen LogP contribution in [-0.4, -0.2) is 63.9 Å². The third-order valence-corrected chi connectivity index (χ3v) is 6.16. The summed E-state index contributed by atoms with van der Waals surface area (Å²) in [6, 6.07) is 6.33. The SMILES string of the molecule is [2H]C([2H])([2H])N(C(=O)c1ncn2c3c(C(C)Nc4ccc(Cl)nc4-c4nnn(C)n4)cc(C)cc3c(=O)n(C)c12)C([2H])([2H])[2H]. The Morgan fingerprint density at radius 1 is 1.24 bits per heavy atom. The normalized spacial score (nSPS) is 15.4. The van der Waals surface area contributed by atoms with Crippen molar-refractivity contribution in [3.8, 4) is 11.5 Å². The lowest BCUT2D eigenvalue weighted by Gasteiger charge is -2.21. The molecular formula is C24H25ClN10O2. The molecule has 1 unspecified atom stereocenters. The number of tetrazole rings is 1. The summed E-state index contributed by atoms with van der Waals surface area (Å²) in [6.45, 7) is -2.92. The van der Waals surface area contributed by atoms with E-state index >= 15 is 0 Å². The number of nitrogens with zero attached hydrogens (tertiary/aromatic N) is 9. The Balaban J connectivity index is 1.71. The van der Waals surface area contributed by atoms with Crippen molar-refractivity contribution < 1.29 is 13.0 Å². The van der Waals surface area contributed by atoms with Crippen LogP contribution in [-0.2, 0) is 14.1 Å². The predicted octanol–water partition coefficient (Wildman–Crippen LogP) is 2.61. The van der Waals surface area contributed by atoms with Gasteiger partial charge < -0.3 is 10.2 Å². The van der Waals surface area contributed by atoms with E-state index in [2.05, 4.69) is 30.7 Å². The lowest BCUT2D eigenvalue weighted by Crippen LogP contribution is -2.26. The van der Waals surface area contributed by atoms with Crippen LogP contribution < -0.4 is 10.9 Å². The maximum absolute atomic E-state index is 13.6. The number of aromatic nitrogens is 8. The van der Waals surface area contributed by atoms with Crippen LogP contribution >= 0.6 is 11.6 Å². The van der Waals surface area contributed by atoms with Crippen LogP contribution in [0.1, 0.15) is 42.8 Å². The molecule has 0 spiro atoms. The van der Waals surface area contributed by atoms with Crippen LogP contribution in [0.2, 0.25) is 5.15 Å². The van der Waals surface area contributed by atoms with Gasteiger partial charge in [0.25, 0.3) is 11.5 Å². The Hall–Kier alpha value is -4.32. The van der Waals surface area contributed by atoms with Crippen LogP contribution in [0.3, 0.4) is 0 Å². The first-order chi connectivity index (χ1) is 20.0. The molecule has 4 heterocycles. The number of carbonyl (C=O) groups excluding carboxylic acids is 1. The Labute approximate surface area is 224 Å². The highest BCUT2D eigenvalue weighted by Crippen LogP contribution is 2.32. The minimum absolute atomic E-state index is 0.0732. The summed E-state index contributed by atoms with van der Waals surface area (Å²) < 4.78 is 48.6. The zero-order chi connectivity index (χ0) is 31.6. The van der Waals surface area contributed by atoms with E-state index in [1.807, 2.05) is 19.9 Å². The molecule has 1 amide bonds. The Bertz CT molecular complexity index is 1950. The fourth-order valence-electron chi connectivity index (χ4n) is 4.34. The Kier molecular flexibility index (Phi) is 4.36. The van der Waals surface area contributed by atoms with Crippen LogP contribution in [0.5, 0.6) is 0 Å². The number of imidazole rings is 1. The van der Waals surface area contributed by atoms with E-state index in [9.17, 15) is 9.59 Å². The van der Waals surface area contributed by atoms with Gasteiger partial charge in [-0.3, -0.25) is 18.6 Å². The molecule has 0 saturated heterocycles. The standard InChI is InChI=1S/C24H25ClN10O2/c1-12-9-14(13(2)27-16-7-8-17(25)28-18(16)21-29-31-34(6)30-21)20-15(10-12)23(36)33(5)22-19(24(37)32(3)4)26-11-35(20)22/h7-11,13,27H,1-6H3/i3D3,4D3. The maximum Gasteiger partial charge on any atom is 0.275 e. The number of hydrogen-bond donors (Lipinski definition) is 1. The fraction of sp³-hybridized carbons (Fsp3) is 0.292. The van der Waals surface area contributed by atoms with E-state index in [0.29, 0.717) is 27.8 Å². The number of halogens is 1. The van der Waals surface area contributed by atoms with Gasteiger partial charge in [0.15, 0.2) is 11.3 Å². The van der Waals surface area contributed by atoms with E-state index in [4.69, 9.17) is 19.8 Å². The molecule has 1 aromatic carbocycles. The molecule has 0 aliphatic rings. The summed E-state index contributed by atoms with van der Waals surface area (Å²) in [4.78, 5) is 36.6. The fourth-order valence-corrected chi connectivity index (χ4v) is 4.49. The average molecular weight is 527 g/mol. The highest BCUT2D eigenvalue weighted by Gasteiger charge is 2.24. The van der Waals surface area contributed by atoms with Crippen LogP contribution in [0.4, 0.5) is 5.69 Å². The Morgan fingerprint density at radius 3 is 2.73 bits per heavy atom. The number of pyridine rings is 1. The molecule has 0 aliphatic heterocycles. The molecule has 1 atom stereocenters. The molecule has 0 bridgehead atoms. The second kappa shape index (κ2) is 8.96. The number of carbonyl (C=O) groups is 1. The number of nitrogens with one attached hydrogen (secondary N) is 1. The van der Waals surface area contributed by atoms with E-state index in [-0.39, 0.29) is 21.5 Å². The largest absolute Gasteiger partial charge is 0.377 e. The first-order valence-corrected chi connectivity index (χ1v) is 11.4. The number of hydrogen-bond acceptors (Lipinski definition) is 8. The summed E-state index contributed by atoms with van der Waals surface area (Å²) in [5.41, 5.74) is 1.56. The monoisotopic (exact) mass is 526 g/mol. The molecule has 37 heavy (non-hydrogen) atoms. The predicted molar refractivity (Wildman–Crippen MR) is 140 cm³/mol. The zero-order valence-electron chi connectivity index (χ0n) is 26.2. The van der Waals surface area contributed by atoms with Crippen LogP contribution in [0, 0.1) is 6.92 Å². The molecule has 5 aromatic rings. The van der Waals surface area contributed by atoms with Crippen molar-refractivity contribution in [2.45, 2.75) is 19.9 Å². The van der Waals surface area contributed by atoms with Gasteiger partial charge in [0.2, 0.25) is 5.82 Å². The molecule has 190 valence electrons. The summed E-state index contributed by atoms with van der Waals surface area (Å²) in [5, 5.41) is 16.0. The molecule has 4 aromatic heterocycles. The van der Waals surface area contributed by atoms with Gasteiger partial charge in [0.1, 0.15) is 17.2 Å². The molecule has 1 N–H and O–H groups in total. The number of fused-ring (bicyclic) bond motifs is 3. The molecule has 0 saturated carbocycles. The third kappa shape index (κ3) is 4.08. The van der Waals surface area contributed by atoms with E-state index in [1.165, 1.54) is 22.6 Å². The van der Waals surface area contributed by atoms with Crippen molar-refractivity contribution >= 4 is 39.7 Å². The highest BCUT2D eigenvalue weighted by molar-refractivity contribution is 6.29. The number of amides is 1. The smallest absolute Gasteiger partial charge is 0.275 e. The minimum Gasteiger partial charge on any atom is -0.377 e. The van der Waals surface area contributed by atoms with Crippen molar-refractivity contribution in [3.05, 3.63) is 62.9 Å². The lowest BCUT2D eigenvalue weighted by molar-refractivity contribution is 0.0824. The number of rotatable bonds is 5. The van der Waals surface area contributed by atoms with Gasteiger partial charge in [-0.2, -0.15) is 4.80 Å². The molecule has 0 aliphatic carbocycles. The van der Waals surface area contributed by atoms with Crippen molar-refractivity contribution in [3.63, 3.8) is 0 Å². The van der Waals surface area contributed by atoms with Crippen molar-refractivity contribution in [1.82, 2.24) is 44.0 Å². The van der Waals surface area contributed by atoms with Crippen LogP contribution in [0.15, 0.2) is 35.4 Å². The quantitative estimate of drug-likeness (QED) is 0.346. The molecule has 0 fully saturated rings. The topological polar surface area (TPSA) is 128 Å². The second-order valence-electron chi connectivity index (χ2n) is 8.54. The second-order valence-corrected chi connectivity index (χ2v) is 8.93. The molecular weight excluding hydrogens is 496 g/mol. The first-order valence-electron chi connectivity index (χ1n) is 14.0. The van der Waals surface area contributed by atoms with Gasteiger partial charge in [0.05, 0.1) is 29.7 Å². The van der Waals surface area contributed by atoms with Gasteiger partial charge in [-0.25, -0.2) is 9.97 Å². The van der Waals surface area contributed by atoms with Crippen molar-refractivity contribution in [1.29, 1.82) is 0 Å². The summed E-state index contributed by atoms with van der Waals surface area (Å²) >= 11 is 6.16. The zero-order valence-corrected chi connectivity index (χ0v) is 20.9. The number of anilines is 1. The van der Waals surface area contributed by atoms with E-state index in [1.54, 1.807) is 25.2 Å².